The highest BCUT2D eigenvalue weighted by Crippen LogP contribution is 2.19. The third-order valence-electron chi connectivity index (χ3n) is 2.66. The summed E-state index contributed by atoms with van der Waals surface area (Å²) < 4.78 is 0. The Morgan fingerprint density at radius 2 is 1.82 bits per heavy atom. The van der Waals surface area contributed by atoms with Crippen LogP contribution in [0.5, 0.6) is 0 Å². The first-order valence-electron chi connectivity index (χ1n) is 5.58. The molecule has 0 bridgehead atoms. The van der Waals surface area contributed by atoms with Crippen molar-refractivity contribution in [2.24, 2.45) is 5.92 Å². The van der Waals surface area contributed by atoms with Crippen molar-refractivity contribution in [3.63, 3.8) is 0 Å². The normalized spacial score (nSPS) is 10.8. The molecule has 0 aliphatic rings. The molecule has 0 spiro atoms. The number of carbonyl (C=O) groups excluding carboxylic acids is 1. The summed E-state index contributed by atoms with van der Waals surface area (Å²) in [4.78, 5) is 21.9. The zero-order valence-corrected chi connectivity index (χ0v) is 10.2. The predicted molar refractivity (Wildman–Crippen MR) is 67.8 cm³/mol. The van der Waals surface area contributed by atoms with Gasteiger partial charge < -0.3 is 4.90 Å². The molecule has 1 aromatic carbocycles. The maximum atomic E-state index is 11.9. The van der Waals surface area contributed by atoms with E-state index >= 15 is 0 Å². The lowest BCUT2D eigenvalue weighted by Gasteiger charge is -2.19. The van der Waals surface area contributed by atoms with E-state index in [2.05, 4.69) is 9.97 Å². The van der Waals surface area contributed by atoms with Crippen molar-refractivity contribution in [3.05, 3.63) is 30.6 Å². The van der Waals surface area contributed by atoms with Gasteiger partial charge in [0, 0.05) is 31.0 Å². The quantitative estimate of drug-likeness (QED) is 0.793. The molecule has 0 radical (unpaired) electrons. The number of carbonyl (C=O) groups is 1. The average Bonchev–Trinajstić information content (AvgIpc) is 2.36. The van der Waals surface area contributed by atoms with Gasteiger partial charge in [-0.05, 0) is 18.2 Å². The molecule has 0 aliphatic heterocycles. The van der Waals surface area contributed by atoms with Crippen LogP contribution in [0, 0.1) is 5.92 Å². The maximum absolute atomic E-state index is 11.9. The Bertz CT molecular complexity index is 551. The van der Waals surface area contributed by atoms with Crippen molar-refractivity contribution in [3.8, 4) is 0 Å². The van der Waals surface area contributed by atoms with Gasteiger partial charge in [0.1, 0.15) is 0 Å². The Balaban J connectivity index is 2.39. The summed E-state index contributed by atoms with van der Waals surface area (Å²) in [5.74, 6) is 0.0748. The number of amides is 1. The largest absolute Gasteiger partial charge is 0.315 e. The number of aromatic nitrogens is 2. The van der Waals surface area contributed by atoms with E-state index in [1.54, 1.807) is 24.3 Å². The number of hydrogen-bond donors (Lipinski definition) is 0. The first-order valence-corrected chi connectivity index (χ1v) is 5.58. The van der Waals surface area contributed by atoms with E-state index in [9.17, 15) is 4.79 Å². The number of benzene rings is 1. The summed E-state index contributed by atoms with van der Waals surface area (Å²) in [6.45, 7) is 3.78. The highest BCUT2D eigenvalue weighted by atomic mass is 16.2. The van der Waals surface area contributed by atoms with Crippen LogP contribution in [0.3, 0.4) is 0 Å². The molecule has 88 valence electrons. The lowest BCUT2D eigenvalue weighted by Crippen LogP contribution is -2.30. The van der Waals surface area contributed by atoms with Crippen LogP contribution in [0.1, 0.15) is 13.8 Å². The molecular weight excluding hydrogens is 214 g/mol. The summed E-state index contributed by atoms with van der Waals surface area (Å²) in [7, 11) is 1.78. The lowest BCUT2D eigenvalue weighted by molar-refractivity contribution is -0.121. The Kier molecular flexibility index (Phi) is 3.04. The van der Waals surface area contributed by atoms with E-state index in [1.807, 2.05) is 32.0 Å². The van der Waals surface area contributed by atoms with Crippen LogP contribution in [-0.2, 0) is 4.79 Å². The Morgan fingerprint density at radius 1 is 1.18 bits per heavy atom. The van der Waals surface area contributed by atoms with E-state index in [0.29, 0.717) is 0 Å². The van der Waals surface area contributed by atoms with Crippen LogP contribution < -0.4 is 4.90 Å². The first-order chi connectivity index (χ1) is 8.09. The topological polar surface area (TPSA) is 46.1 Å². The van der Waals surface area contributed by atoms with E-state index in [0.717, 1.165) is 16.7 Å². The molecule has 0 fully saturated rings. The Morgan fingerprint density at radius 3 is 2.47 bits per heavy atom. The molecule has 0 saturated heterocycles. The van der Waals surface area contributed by atoms with Gasteiger partial charge >= 0.3 is 0 Å². The second kappa shape index (κ2) is 4.49. The lowest BCUT2D eigenvalue weighted by atomic mass is 10.1. The third-order valence-corrected chi connectivity index (χ3v) is 2.66. The second-order valence-electron chi connectivity index (χ2n) is 4.28. The molecule has 0 N–H and O–H groups in total. The second-order valence-corrected chi connectivity index (χ2v) is 4.28. The average molecular weight is 229 g/mol. The van der Waals surface area contributed by atoms with Gasteiger partial charge in [0.25, 0.3) is 0 Å². The zero-order valence-electron chi connectivity index (χ0n) is 10.2. The van der Waals surface area contributed by atoms with Gasteiger partial charge in [-0.3, -0.25) is 14.8 Å². The molecule has 0 atom stereocenters. The molecule has 4 heteroatoms. The summed E-state index contributed by atoms with van der Waals surface area (Å²) in [5.41, 5.74) is 2.48. The number of rotatable bonds is 2. The van der Waals surface area contributed by atoms with Crippen LogP contribution in [0.4, 0.5) is 5.69 Å². The van der Waals surface area contributed by atoms with E-state index < -0.39 is 0 Å². The van der Waals surface area contributed by atoms with Crippen molar-refractivity contribution >= 4 is 22.6 Å². The van der Waals surface area contributed by atoms with Crippen LogP contribution in [0.15, 0.2) is 30.6 Å². The Labute approximate surface area is 100 Å². The fourth-order valence-corrected chi connectivity index (χ4v) is 1.67. The minimum atomic E-state index is -0.0162. The minimum absolute atomic E-state index is 0.0162. The fourth-order valence-electron chi connectivity index (χ4n) is 1.67. The molecule has 0 aliphatic carbocycles. The summed E-state index contributed by atoms with van der Waals surface area (Å²) >= 11 is 0. The highest BCUT2D eigenvalue weighted by molar-refractivity contribution is 5.95. The standard InChI is InChI=1S/C13H15N3O/c1-9(2)13(17)16(3)10-4-5-11-12(8-10)15-7-6-14-11/h4-9H,1-3H3. The first kappa shape index (κ1) is 11.5. The molecule has 17 heavy (non-hydrogen) atoms. The fraction of sp³-hybridized carbons (Fsp3) is 0.308. The van der Waals surface area contributed by atoms with E-state index in [4.69, 9.17) is 0 Å². The predicted octanol–water partition coefficient (Wildman–Crippen LogP) is 2.25. The number of hydrogen-bond acceptors (Lipinski definition) is 3. The highest BCUT2D eigenvalue weighted by Gasteiger charge is 2.14. The number of nitrogens with zero attached hydrogens (tertiary/aromatic N) is 3. The zero-order chi connectivity index (χ0) is 12.4. The molecule has 1 heterocycles. The van der Waals surface area contributed by atoms with Crippen LogP contribution >= 0.6 is 0 Å². The van der Waals surface area contributed by atoms with Gasteiger partial charge in [-0.1, -0.05) is 13.8 Å². The minimum Gasteiger partial charge on any atom is -0.315 e. The molecule has 0 saturated carbocycles. The summed E-state index contributed by atoms with van der Waals surface area (Å²) in [6, 6.07) is 5.64. The number of anilines is 1. The van der Waals surface area contributed by atoms with E-state index in [1.165, 1.54) is 0 Å². The van der Waals surface area contributed by atoms with E-state index in [-0.39, 0.29) is 11.8 Å². The smallest absolute Gasteiger partial charge is 0.229 e. The van der Waals surface area contributed by atoms with Gasteiger partial charge in [0.15, 0.2) is 0 Å². The van der Waals surface area contributed by atoms with Gasteiger partial charge in [-0.25, -0.2) is 0 Å². The van der Waals surface area contributed by atoms with Crippen LogP contribution in [0.2, 0.25) is 0 Å². The van der Waals surface area contributed by atoms with Gasteiger partial charge in [0.05, 0.1) is 11.0 Å². The van der Waals surface area contributed by atoms with Crippen molar-refractivity contribution < 1.29 is 4.79 Å². The van der Waals surface area contributed by atoms with Crippen LogP contribution in [-0.4, -0.2) is 22.9 Å². The molecule has 2 aromatic rings. The molecule has 2 rings (SSSR count). The maximum Gasteiger partial charge on any atom is 0.229 e. The summed E-state index contributed by atoms with van der Waals surface area (Å²) in [6.07, 6.45) is 3.31. The van der Waals surface area contributed by atoms with Gasteiger partial charge in [-0.15, -0.1) is 0 Å². The summed E-state index contributed by atoms with van der Waals surface area (Å²) in [5, 5.41) is 0. The van der Waals surface area contributed by atoms with Crippen molar-refractivity contribution in [1.29, 1.82) is 0 Å². The van der Waals surface area contributed by atoms with Crippen molar-refractivity contribution in [2.75, 3.05) is 11.9 Å². The monoisotopic (exact) mass is 229 g/mol. The third kappa shape index (κ3) is 2.25. The van der Waals surface area contributed by atoms with Crippen molar-refractivity contribution in [1.82, 2.24) is 9.97 Å². The molecule has 0 unspecified atom stereocenters. The van der Waals surface area contributed by atoms with Gasteiger partial charge in [0.2, 0.25) is 5.91 Å². The Hall–Kier alpha value is -1.97. The molecule has 1 amide bonds. The van der Waals surface area contributed by atoms with Gasteiger partial charge in [-0.2, -0.15) is 0 Å². The molecule has 4 nitrogen and oxygen atoms in total. The number of fused-ring (bicyclic) bond motifs is 1. The molecular formula is C13H15N3O. The van der Waals surface area contributed by atoms with Crippen LogP contribution in [0.25, 0.3) is 11.0 Å². The van der Waals surface area contributed by atoms with Crippen molar-refractivity contribution in [2.45, 2.75) is 13.8 Å². The molecule has 1 aromatic heterocycles. The SMILES string of the molecule is CC(C)C(=O)N(C)c1ccc2nccnc2c1.